The fourth-order valence-corrected chi connectivity index (χ4v) is 3.11. The van der Waals surface area contributed by atoms with Crippen molar-refractivity contribution in [3.63, 3.8) is 0 Å². The van der Waals surface area contributed by atoms with Crippen molar-refractivity contribution in [3.8, 4) is 0 Å². The van der Waals surface area contributed by atoms with Gasteiger partial charge in [0, 0.05) is 25.0 Å². The minimum absolute atomic E-state index is 0.164. The number of amides is 1. The van der Waals surface area contributed by atoms with Gasteiger partial charge in [0.05, 0.1) is 6.04 Å². The van der Waals surface area contributed by atoms with Gasteiger partial charge in [-0.15, -0.1) is 0 Å². The first kappa shape index (κ1) is 13.6. The van der Waals surface area contributed by atoms with Crippen molar-refractivity contribution in [1.82, 2.24) is 15.1 Å². The molecule has 1 saturated carbocycles. The monoisotopic (exact) mass is 276 g/mol. The van der Waals surface area contributed by atoms with Crippen LogP contribution in [-0.4, -0.2) is 40.1 Å². The molecule has 0 spiro atoms. The fraction of sp³-hybridized carbons (Fsp3) is 0.733. The van der Waals surface area contributed by atoms with Gasteiger partial charge in [-0.3, -0.25) is 9.89 Å². The molecule has 3 rings (SSSR count). The first-order valence-electron chi connectivity index (χ1n) is 7.75. The first-order chi connectivity index (χ1) is 9.72. The summed E-state index contributed by atoms with van der Waals surface area (Å²) in [6.07, 6.45) is 8.37. The molecule has 1 aromatic rings. The van der Waals surface area contributed by atoms with Crippen molar-refractivity contribution in [2.75, 3.05) is 13.1 Å². The highest BCUT2D eigenvalue weighted by Crippen LogP contribution is 2.33. The number of aromatic amines is 1. The second-order valence-electron chi connectivity index (χ2n) is 6.34. The van der Waals surface area contributed by atoms with Crippen molar-refractivity contribution in [1.29, 1.82) is 0 Å². The second-order valence-corrected chi connectivity index (χ2v) is 6.34. The third-order valence-corrected chi connectivity index (χ3v) is 4.59. The number of aromatic nitrogens is 2. The number of nitrogens with two attached hydrogens (primary N) is 1. The Kier molecular flexibility index (Phi) is 4.05. The Balaban J connectivity index is 1.44. The van der Waals surface area contributed by atoms with Gasteiger partial charge in [0.15, 0.2) is 0 Å². The molecule has 2 aliphatic rings. The Labute approximate surface area is 119 Å². The molecule has 1 aliphatic carbocycles. The largest absolute Gasteiger partial charge is 0.341 e. The second kappa shape index (κ2) is 5.95. The Hall–Kier alpha value is -1.36. The van der Waals surface area contributed by atoms with Crippen LogP contribution in [0, 0.1) is 11.8 Å². The van der Waals surface area contributed by atoms with Crippen LogP contribution in [0.4, 0.5) is 0 Å². The number of nitrogens with zero attached hydrogens (tertiary/aromatic N) is 2. The molecular weight excluding hydrogens is 252 g/mol. The van der Waals surface area contributed by atoms with E-state index in [1.54, 1.807) is 6.20 Å². The van der Waals surface area contributed by atoms with Crippen molar-refractivity contribution in [2.24, 2.45) is 17.6 Å². The van der Waals surface area contributed by atoms with E-state index in [0.717, 1.165) is 38.8 Å². The fourth-order valence-electron chi connectivity index (χ4n) is 3.11. The number of H-pyrrole nitrogens is 1. The van der Waals surface area contributed by atoms with Gasteiger partial charge < -0.3 is 10.6 Å². The Bertz CT molecular complexity index is 433. The predicted molar refractivity (Wildman–Crippen MR) is 76.9 cm³/mol. The smallest absolute Gasteiger partial charge is 0.239 e. The summed E-state index contributed by atoms with van der Waals surface area (Å²) in [6, 6.07) is 1.76. The summed E-state index contributed by atoms with van der Waals surface area (Å²) in [5.74, 6) is 1.53. The van der Waals surface area contributed by atoms with Crippen LogP contribution in [0.25, 0.3) is 0 Å². The van der Waals surface area contributed by atoms with Gasteiger partial charge in [-0.1, -0.05) is 12.8 Å². The first-order valence-corrected chi connectivity index (χ1v) is 7.75. The van der Waals surface area contributed by atoms with Crippen LogP contribution >= 0.6 is 0 Å². The molecule has 1 aromatic heterocycles. The lowest BCUT2D eigenvalue weighted by Gasteiger charge is -2.33. The van der Waals surface area contributed by atoms with Crippen molar-refractivity contribution in [2.45, 2.75) is 44.6 Å². The summed E-state index contributed by atoms with van der Waals surface area (Å²) in [7, 11) is 0. The van der Waals surface area contributed by atoms with Gasteiger partial charge in [0.1, 0.15) is 0 Å². The zero-order valence-electron chi connectivity index (χ0n) is 11.9. The quantitative estimate of drug-likeness (QED) is 0.851. The van der Waals surface area contributed by atoms with Crippen LogP contribution in [0.1, 0.15) is 37.8 Å². The highest BCUT2D eigenvalue weighted by Gasteiger charge is 2.31. The minimum atomic E-state index is -0.272. The molecule has 1 saturated heterocycles. The van der Waals surface area contributed by atoms with Crippen LogP contribution in [0.5, 0.6) is 0 Å². The van der Waals surface area contributed by atoms with Crippen LogP contribution in [0.2, 0.25) is 0 Å². The zero-order chi connectivity index (χ0) is 13.9. The molecule has 5 heteroatoms. The third kappa shape index (κ3) is 3.39. The number of carbonyl (C=O) groups excluding carboxylic acids is 1. The summed E-state index contributed by atoms with van der Waals surface area (Å²) in [6.45, 7) is 1.71. The molecule has 1 amide bonds. The van der Waals surface area contributed by atoms with E-state index in [0.29, 0.717) is 11.8 Å². The Morgan fingerprint density at radius 3 is 2.70 bits per heavy atom. The molecular formula is C15H24N4O. The Morgan fingerprint density at radius 1 is 1.35 bits per heavy atom. The number of hydrogen-bond donors (Lipinski definition) is 2. The highest BCUT2D eigenvalue weighted by molar-refractivity contribution is 5.81. The van der Waals surface area contributed by atoms with E-state index in [1.807, 2.05) is 11.0 Å². The molecule has 1 aliphatic heterocycles. The molecule has 0 bridgehead atoms. The average Bonchev–Trinajstić information content (AvgIpc) is 3.12. The van der Waals surface area contributed by atoms with E-state index in [-0.39, 0.29) is 11.9 Å². The SMILES string of the molecule is NC(CC1CC1)C(=O)N1CCC(Cc2ccn[nH]2)CC1. The molecule has 20 heavy (non-hydrogen) atoms. The van der Waals surface area contributed by atoms with E-state index < -0.39 is 0 Å². The van der Waals surface area contributed by atoms with E-state index in [2.05, 4.69) is 10.2 Å². The lowest BCUT2D eigenvalue weighted by molar-refractivity contribution is -0.134. The van der Waals surface area contributed by atoms with Crippen LogP contribution in [0.3, 0.4) is 0 Å². The van der Waals surface area contributed by atoms with Gasteiger partial charge in [-0.05, 0) is 43.6 Å². The van der Waals surface area contributed by atoms with Crippen molar-refractivity contribution >= 4 is 5.91 Å². The molecule has 2 fully saturated rings. The van der Waals surface area contributed by atoms with E-state index in [1.165, 1.54) is 18.5 Å². The highest BCUT2D eigenvalue weighted by atomic mass is 16.2. The summed E-state index contributed by atoms with van der Waals surface area (Å²) >= 11 is 0. The minimum Gasteiger partial charge on any atom is -0.341 e. The standard InChI is InChI=1S/C15H24N4O/c16-14(10-11-1-2-11)15(20)19-7-4-12(5-8-19)9-13-3-6-17-18-13/h3,6,11-12,14H,1-2,4-5,7-10,16H2,(H,17,18). The lowest BCUT2D eigenvalue weighted by Crippen LogP contribution is -2.47. The van der Waals surface area contributed by atoms with E-state index in [9.17, 15) is 4.79 Å². The summed E-state index contributed by atoms with van der Waals surface area (Å²) in [4.78, 5) is 14.2. The Morgan fingerprint density at radius 2 is 2.10 bits per heavy atom. The predicted octanol–water partition coefficient (Wildman–Crippen LogP) is 1.32. The van der Waals surface area contributed by atoms with E-state index >= 15 is 0 Å². The number of carbonyl (C=O) groups is 1. The molecule has 0 radical (unpaired) electrons. The van der Waals surface area contributed by atoms with Crippen LogP contribution in [0.15, 0.2) is 12.3 Å². The maximum atomic E-state index is 12.3. The lowest BCUT2D eigenvalue weighted by atomic mass is 9.92. The summed E-state index contributed by atoms with van der Waals surface area (Å²) in [5, 5.41) is 7.00. The molecule has 5 nitrogen and oxygen atoms in total. The zero-order valence-corrected chi connectivity index (χ0v) is 11.9. The maximum absolute atomic E-state index is 12.3. The van der Waals surface area contributed by atoms with Gasteiger partial charge in [-0.2, -0.15) is 5.10 Å². The number of rotatable bonds is 5. The maximum Gasteiger partial charge on any atom is 0.239 e. The van der Waals surface area contributed by atoms with Crippen LogP contribution < -0.4 is 5.73 Å². The summed E-state index contributed by atoms with van der Waals surface area (Å²) in [5.41, 5.74) is 7.22. The molecule has 0 aromatic carbocycles. The van der Waals surface area contributed by atoms with Gasteiger partial charge >= 0.3 is 0 Å². The number of hydrogen-bond acceptors (Lipinski definition) is 3. The van der Waals surface area contributed by atoms with Gasteiger partial charge in [0.2, 0.25) is 5.91 Å². The van der Waals surface area contributed by atoms with Crippen molar-refractivity contribution in [3.05, 3.63) is 18.0 Å². The topological polar surface area (TPSA) is 75.0 Å². The van der Waals surface area contributed by atoms with E-state index in [4.69, 9.17) is 5.73 Å². The van der Waals surface area contributed by atoms with Crippen LogP contribution in [-0.2, 0) is 11.2 Å². The van der Waals surface area contributed by atoms with Gasteiger partial charge in [0.25, 0.3) is 0 Å². The molecule has 3 N–H and O–H groups in total. The average molecular weight is 276 g/mol. The molecule has 1 atom stereocenters. The number of piperidine rings is 1. The summed E-state index contributed by atoms with van der Waals surface area (Å²) < 4.78 is 0. The molecule has 1 unspecified atom stereocenters. The molecule has 2 heterocycles. The number of nitrogens with one attached hydrogen (secondary N) is 1. The van der Waals surface area contributed by atoms with Crippen molar-refractivity contribution < 1.29 is 4.79 Å². The molecule has 110 valence electrons. The van der Waals surface area contributed by atoms with Gasteiger partial charge in [-0.25, -0.2) is 0 Å². The third-order valence-electron chi connectivity index (χ3n) is 4.59. The normalized spacial score (nSPS) is 21.9. The number of likely N-dealkylation sites (tertiary alicyclic amines) is 1.